The molecule has 9 aromatic carbocycles. The van der Waals surface area contributed by atoms with Gasteiger partial charge in [0.1, 0.15) is 34.5 Å². The van der Waals surface area contributed by atoms with Crippen molar-refractivity contribution < 1.29 is 14.2 Å². The minimum atomic E-state index is -0.329. The third kappa shape index (κ3) is 6.00. The number of ether oxygens (including phenoxy) is 3. The smallest absolute Gasteiger partial charge is 0.251 e. The van der Waals surface area contributed by atoms with Crippen molar-refractivity contribution in [1.29, 1.82) is 0 Å². The zero-order chi connectivity index (χ0) is 52.2. The largest absolute Gasteiger partial charge is 0.458 e. The van der Waals surface area contributed by atoms with Crippen molar-refractivity contribution in [2.24, 2.45) is 0 Å². The Hall–Kier alpha value is -7.63. The fraction of sp³-hybridized carbons (Fsp3) is 0.217. The van der Waals surface area contributed by atoms with Gasteiger partial charge in [0.15, 0.2) is 0 Å². The molecule has 0 fully saturated rings. The van der Waals surface area contributed by atoms with Crippen molar-refractivity contribution >= 4 is 86.4 Å². The number of hydrogen-bond acceptors (Lipinski definition) is 4. The highest BCUT2D eigenvalue weighted by Gasteiger charge is 2.50. The molecule has 0 aliphatic carbocycles. The molecule has 0 atom stereocenters. The number of hydrogen-bond donors (Lipinski definition) is 0. The summed E-state index contributed by atoms with van der Waals surface area (Å²) in [6.45, 7) is 28.2. The molecule has 0 bridgehead atoms. The van der Waals surface area contributed by atoms with Crippen LogP contribution in [0.15, 0.2) is 146 Å². The van der Waals surface area contributed by atoms with Crippen molar-refractivity contribution in [3.63, 3.8) is 0 Å². The Morgan fingerprint density at radius 3 is 0.868 bits per heavy atom. The first kappa shape index (κ1) is 45.7. The molecule has 0 amide bonds. The third-order valence-corrected chi connectivity index (χ3v) is 18.9. The van der Waals surface area contributed by atoms with Gasteiger partial charge in [-0.15, -0.1) is 0 Å². The number of rotatable bonds is 3. The molecule has 7 heteroatoms. The maximum atomic E-state index is 6.78. The van der Waals surface area contributed by atoms with E-state index in [1.807, 2.05) is 0 Å². The van der Waals surface area contributed by atoms with E-state index in [0.717, 1.165) is 51.6 Å². The van der Waals surface area contributed by atoms with Gasteiger partial charge in [-0.05, 0) is 197 Å². The highest BCUT2D eigenvalue weighted by Crippen LogP contribution is 2.48. The Morgan fingerprint density at radius 1 is 0.303 bits per heavy atom. The van der Waals surface area contributed by atoms with Crippen LogP contribution in [0.25, 0.3) is 0 Å². The maximum absolute atomic E-state index is 6.78. The fourth-order valence-electron chi connectivity index (χ4n) is 15.8. The van der Waals surface area contributed by atoms with E-state index in [9.17, 15) is 0 Å². The molecular formula is C69H60B3NO3. The quantitative estimate of drug-likeness (QED) is 0.165. The molecule has 0 saturated heterocycles. The molecule has 368 valence electrons. The topological polar surface area (TPSA) is 30.9 Å². The fourth-order valence-corrected chi connectivity index (χ4v) is 15.8. The lowest BCUT2D eigenvalue weighted by Crippen LogP contribution is -2.63. The van der Waals surface area contributed by atoms with E-state index in [4.69, 9.17) is 14.2 Å². The first-order valence-corrected chi connectivity index (χ1v) is 27.4. The predicted molar refractivity (Wildman–Crippen MR) is 319 cm³/mol. The van der Waals surface area contributed by atoms with Gasteiger partial charge in [-0.2, -0.15) is 0 Å². The van der Waals surface area contributed by atoms with Gasteiger partial charge in [0, 0.05) is 33.3 Å². The van der Waals surface area contributed by atoms with Crippen molar-refractivity contribution in [2.45, 2.75) is 99.3 Å². The van der Waals surface area contributed by atoms with E-state index in [-0.39, 0.29) is 36.4 Å². The van der Waals surface area contributed by atoms with Gasteiger partial charge in [0.05, 0.1) is 0 Å². The van der Waals surface area contributed by atoms with E-state index in [0.29, 0.717) is 0 Å². The average molecular weight is 984 g/mol. The molecule has 9 aromatic rings. The zero-order valence-electron chi connectivity index (χ0n) is 45.8. The van der Waals surface area contributed by atoms with Crippen molar-refractivity contribution in [1.82, 2.24) is 0 Å². The first-order chi connectivity index (χ1) is 36.4. The molecule has 15 rings (SSSR count). The van der Waals surface area contributed by atoms with Gasteiger partial charge < -0.3 is 19.1 Å². The zero-order valence-corrected chi connectivity index (χ0v) is 45.8. The molecule has 0 N–H and O–H groups in total. The van der Waals surface area contributed by atoms with Crippen LogP contribution in [0, 0.1) is 41.5 Å². The molecular weight excluding hydrogens is 923 g/mol. The SMILES string of the molecule is Cc1ccc2c(c1)B1c3ccc(N(c4ccc5c(c4)C(C)(C)c4c(C)ccc6c4B5c4cc(C)ccc4O6)c4ccc5c(c4)C(C)(C)c4c(C)ccc6c4B5c4cc(C)ccc4O6)cc3C(C)(C)c3c(C)ccc(c31)O2. The van der Waals surface area contributed by atoms with Gasteiger partial charge in [-0.3, -0.25) is 0 Å². The molecule has 4 nitrogen and oxygen atoms in total. The maximum Gasteiger partial charge on any atom is 0.251 e. The summed E-state index contributed by atoms with van der Waals surface area (Å²) in [6, 6.07) is 55.6. The highest BCUT2D eigenvalue weighted by atomic mass is 16.5. The van der Waals surface area contributed by atoms with Crippen LogP contribution in [0.4, 0.5) is 17.1 Å². The van der Waals surface area contributed by atoms with E-state index in [2.05, 4.69) is 234 Å². The van der Waals surface area contributed by atoms with Gasteiger partial charge in [-0.1, -0.05) is 147 Å². The average Bonchev–Trinajstić information content (AvgIpc) is 3.57. The molecule has 0 unspecified atom stereocenters. The predicted octanol–water partition coefficient (Wildman–Crippen LogP) is 10.8. The Morgan fingerprint density at radius 2 is 0.579 bits per heavy atom. The highest BCUT2D eigenvalue weighted by molar-refractivity contribution is 6.99. The molecule has 0 radical (unpaired) electrons. The number of anilines is 3. The van der Waals surface area contributed by atoms with Crippen LogP contribution in [0.3, 0.4) is 0 Å². The molecule has 6 aliphatic rings. The summed E-state index contributed by atoms with van der Waals surface area (Å²) in [5, 5.41) is 0. The monoisotopic (exact) mass is 983 g/mol. The van der Waals surface area contributed by atoms with Gasteiger partial charge in [0.2, 0.25) is 0 Å². The lowest BCUT2D eigenvalue weighted by molar-refractivity contribution is 0.484. The Balaban J connectivity index is 0.984. The Bertz CT molecular complexity index is 3710. The van der Waals surface area contributed by atoms with Gasteiger partial charge in [0.25, 0.3) is 20.1 Å². The van der Waals surface area contributed by atoms with Crippen molar-refractivity contribution in [3.05, 3.63) is 212 Å². The number of benzene rings is 9. The lowest BCUT2D eigenvalue weighted by atomic mass is 9.30. The summed E-state index contributed by atoms with van der Waals surface area (Å²) in [4.78, 5) is 2.58. The van der Waals surface area contributed by atoms with Crippen LogP contribution in [-0.4, -0.2) is 20.1 Å². The summed E-state index contributed by atoms with van der Waals surface area (Å²) in [7, 11) is 0. The third-order valence-electron chi connectivity index (χ3n) is 18.9. The molecule has 0 saturated carbocycles. The normalized spacial score (nSPS) is 16.2. The van der Waals surface area contributed by atoms with E-state index < -0.39 is 0 Å². The van der Waals surface area contributed by atoms with E-state index >= 15 is 0 Å². The van der Waals surface area contributed by atoms with Crippen LogP contribution >= 0.6 is 0 Å². The summed E-state index contributed by atoms with van der Waals surface area (Å²) in [5.74, 6) is 5.74. The minimum absolute atomic E-state index is 0.0477. The number of nitrogens with zero attached hydrogens (tertiary/aromatic N) is 1. The summed E-state index contributed by atoms with van der Waals surface area (Å²) < 4.78 is 20.3. The lowest BCUT2D eigenvalue weighted by Gasteiger charge is -2.44. The van der Waals surface area contributed by atoms with Crippen molar-refractivity contribution in [3.8, 4) is 34.5 Å². The second kappa shape index (κ2) is 15.3. The van der Waals surface area contributed by atoms with E-state index in [1.165, 1.54) is 116 Å². The molecule has 0 aromatic heterocycles. The van der Waals surface area contributed by atoms with Crippen LogP contribution < -0.4 is 68.3 Å². The van der Waals surface area contributed by atoms with Crippen LogP contribution in [0.5, 0.6) is 34.5 Å². The summed E-state index contributed by atoms with van der Waals surface area (Å²) in [6.07, 6.45) is 0. The van der Waals surface area contributed by atoms with Gasteiger partial charge >= 0.3 is 0 Å². The van der Waals surface area contributed by atoms with E-state index in [1.54, 1.807) is 0 Å². The summed E-state index contributed by atoms with van der Waals surface area (Å²) >= 11 is 0. The Labute approximate surface area is 449 Å². The number of fused-ring (bicyclic) bond motifs is 12. The van der Waals surface area contributed by atoms with Crippen molar-refractivity contribution in [2.75, 3.05) is 4.90 Å². The minimum Gasteiger partial charge on any atom is -0.458 e. The molecule has 6 heterocycles. The second-order valence-corrected chi connectivity index (χ2v) is 24.8. The first-order valence-electron chi connectivity index (χ1n) is 27.4. The molecule has 76 heavy (non-hydrogen) atoms. The molecule has 6 aliphatic heterocycles. The Kier molecular flexibility index (Phi) is 9.20. The standard InChI is InChI=1S/C69H60B3NO3/c1-37-13-25-55-52(31-37)70-49-22-19-43(34-46(49)67(7,8)61-40(4)16-28-58(74-55)64(61)70)73(44-20-23-50-47(35-44)68(9,10)62-41(5)17-29-59-65(62)71(50)53-32-38(2)14-26-56(53)75-59)45-21-24-51-48(36-45)69(11,12)63-42(6)18-30-60-66(63)72(51)54-33-39(3)15-27-57(54)76-60/h13-36H,1-12H3. The molecule has 0 spiro atoms. The number of aryl methyl sites for hydroxylation is 6. The van der Waals surface area contributed by atoms with Crippen LogP contribution in [-0.2, 0) is 16.2 Å². The van der Waals surface area contributed by atoms with Crippen LogP contribution in [0.2, 0.25) is 0 Å². The summed E-state index contributed by atoms with van der Waals surface area (Å²) in [5.41, 5.74) is 29.8. The van der Waals surface area contributed by atoms with Gasteiger partial charge in [-0.25, -0.2) is 0 Å². The van der Waals surface area contributed by atoms with Crippen LogP contribution in [0.1, 0.15) is 108 Å². The second-order valence-electron chi connectivity index (χ2n) is 24.8.